The molecule has 2 N–H and O–H groups in total. The molecule has 0 radical (unpaired) electrons. The molecule has 0 amide bonds. The number of benzene rings is 1. The first-order chi connectivity index (χ1) is 9.47. The maximum absolute atomic E-state index is 11.4. The maximum Gasteiger partial charge on any atom is 0.343 e. The van der Waals surface area contributed by atoms with Crippen molar-refractivity contribution >= 4 is 11.8 Å². The first-order valence-electron chi connectivity index (χ1n) is 6.59. The highest BCUT2D eigenvalue weighted by molar-refractivity contribution is 7.99. The molecule has 20 heavy (non-hydrogen) atoms. The van der Waals surface area contributed by atoms with Crippen molar-refractivity contribution in [3.63, 3.8) is 0 Å². The van der Waals surface area contributed by atoms with Crippen LogP contribution in [0.25, 0.3) is 0 Å². The normalized spacial score (nSPS) is 11.2. The van der Waals surface area contributed by atoms with Crippen molar-refractivity contribution in [2.24, 2.45) is 7.05 Å². The van der Waals surface area contributed by atoms with Crippen LogP contribution in [-0.2, 0) is 13.6 Å². The van der Waals surface area contributed by atoms with Gasteiger partial charge in [-0.15, -0.1) is 5.10 Å². The first kappa shape index (κ1) is 14.9. The van der Waals surface area contributed by atoms with E-state index >= 15 is 0 Å². The van der Waals surface area contributed by atoms with Crippen LogP contribution < -0.4 is 11.0 Å². The second-order valence-electron chi connectivity index (χ2n) is 5.12. The Hall–Kier alpha value is -1.53. The van der Waals surface area contributed by atoms with Gasteiger partial charge in [0.2, 0.25) is 0 Å². The zero-order valence-electron chi connectivity index (χ0n) is 12.2. The van der Waals surface area contributed by atoms with Crippen LogP contribution in [-0.4, -0.2) is 20.8 Å². The Balaban J connectivity index is 2.26. The van der Waals surface area contributed by atoms with Gasteiger partial charge in [-0.25, -0.2) is 9.89 Å². The largest absolute Gasteiger partial charge is 0.343 e. The average Bonchev–Trinajstić information content (AvgIpc) is 2.71. The summed E-state index contributed by atoms with van der Waals surface area (Å²) in [5, 5.41) is 10.6. The third-order valence-corrected chi connectivity index (χ3v) is 4.12. The first-order valence-corrected chi connectivity index (χ1v) is 7.41. The third kappa shape index (κ3) is 3.52. The summed E-state index contributed by atoms with van der Waals surface area (Å²) >= 11 is 1.50. The standard InChI is InChI=1S/C14H20N4OS/c1-9(2)15-8-11-7-10(3)5-6-12(11)20-14-17-16-13(19)18(14)4/h5-7,9,15H,8H2,1-4H3,(H,16,19). The fourth-order valence-electron chi connectivity index (χ4n) is 1.78. The lowest BCUT2D eigenvalue weighted by Gasteiger charge is -2.12. The quantitative estimate of drug-likeness (QED) is 0.885. The van der Waals surface area contributed by atoms with Crippen molar-refractivity contribution in [3.05, 3.63) is 39.8 Å². The van der Waals surface area contributed by atoms with Crippen LogP contribution in [0.2, 0.25) is 0 Å². The fraction of sp³-hybridized carbons (Fsp3) is 0.429. The Labute approximate surface area is 122 Å². The second kappa shape index (κ2) is 6.28. The summed E-state index contributed by atoms with van der Waals surface area (Å²) in [4.78, 5) is 12.5. The Morgan fingerprint density at radius 1 is 1.45 bits per heavy atom. The molecule has 0 fully saturated rings. The van der Waals surface area contributed by atoms with Gasteiger partial charge in [-0.05, 0) is 30.3 Å². The molecule has 0 saturated heterocycles. The van der Waals surface area contributed by atoms with Gasteiger partial charge in [0.25, 0.3) is 0 Å². The summed E-state index contributed by atoms with van der Waals surface area (Å²) in [5.41, 5.74) is 2.26. The average molecular weight is 292 g/mol. The summed E-state index contributed by atoms with van der Waals surface area (Å²) in [7, 11) is 1.72. The van der Waals surface area contributed by atoms with Gasteiger partial charge < -0.3 is 5.32 Å². The summed E-state index contributed by atoms with van der Waals surface area (Å²) in [6, 6.07) is 6.76. The topological polar surface area (TPSA) is 62.7 Å². The molecule has 0 saturated carbocycles. The fourth-order valence-corrected chi connectivity index (χ4v) is 2.69. The Morgan fingerprint density at radius 3 is 2.80 bits per heavy atom. The molecule has 0 unspecified atom stereocenters. The molecule has 6 heteroatoms. The summed E-state index contributed by atoms with van der Waals surface area (Å²) in [5.74, 6) is 0. The predicted molar refractivity (Wildman–Crippen MR) is 81.1 cm³/mol. The van der Waals surface area contributed by atoms with E-state index in [4.69, 9.17) is 0 Å². The van der Waals surface area contributed by atoms with Gasteiger partial charge >= 0.3 is 5.69 Å². The van der Waals surface area contributed by atoms with E-state index < -0.39 is 0 Å². The molecule has 0 aliphatic rings. The molecule has 0 spiro atoms. The van der Waals surface area contributed by atoms with E-state index in [0.717, 1.165) is 11.4 Å². The SMILES string of the molecule is Cc1ccc(Sc2n[nH]c(=O)n2C)c(CNC(C)C)c1. The second-order valence-corrected chi connectivity index (χ2v) is 6.13. The third-order valence-electron chi connectivity index (χ3n) is 2.96. The van der Waals surface area contributed by atoms with Gasteiger partial charge in [0, 0.05) is 24.5 Å². The number of H-pyrrole nitrogens is 1. The summed E-state index contributed by atoms with van der Waals surface area (Å²) < 4.78 is 1.52. The Kier molecular flexibility index (Phi) is 4.67. The highest BCUT2D eigenvalue weighted by atomic mass is 32.2. The van der Waals surface area contributed by atoms with E-state index in [2.05, 4.69) is 54.5 Å². The monoisotopic (exact) mass is 292 g/mol. The van der Waals surface area contributed by atoms with Crippen molar-refractivity contribution in [3.8, 4) is 0 Å². The minimum atomic E-state index is -0.193. The van der Waals surface area contributed by atoms with Gasteiger partial charge in [0.1, 0.15) is 0 Å². The van der Waals surface area contributed by atoms with Crippen LogP contribution in [0.5, 0.6) is 0 Å². The molecule has 1 heterocycles. The van der Waals surface area contributed by atoms with E-state index in [1.165, 1.54) is 27.5 Å². The molecule has 2 aromatic rings. The maximum atomic E-state index is 11.4. The van der Waals surface area contributed by atoms with Crippen molar-refractivity contribution in [2.45, 2.75) is 43.4 Å². The molecular weight excluding hydrogens is 272 g/mol. The van der Waals surface area contributed by atoms with Crippen molar-refractivity contribution in [1.29, 1.82) is 0 Å². The zero-order chi connectivity index (χ0) is 14.7. The van der Waals surface area contributed by atoms with E-state index in [-0.39, 0.29) is 5.69 Å². The van der Waals surface area contributed by atoms with Crippen molar-refractivity contribution in [1.82, 2.24) is 20.1 Å². The Bertz CT molecular complexity index is 645. The number of nitrogens with one attached hydrogen (secondary N) is 2. The number of nitrogens with zero attached hydrogens (tertiary/aromatic N) is 2. The van der Waals surface area contributed by atoms with Gasteiger partial charge in [0.15, 0.2) is 5.16 Å². The van der Waals surface area contributed by atoms with E-state index in [1.54, 1.807) is 7.05 Å². The van der Waals surface area contributed by atoms with Crippen LogP contribution in [0.4, 0.5) is 0 Å². The van der Waals surface area contributed by atoms with E-state index in [1.807, 2.05) is 0 Å². The van der Waals surface area contributed by atoms with Crippen LogP contribution in [0.3, 0.4) is 0 Å². The molecule has 0 aliphatic heterocycles. The lowest BCUT2D eigenvalue weighted by molar-refractivity contribution is 0.584. The van der Waals surface area contributed by atoms with E-state index in [0.29, 0.717) is 11.2 Å². The lowest BCUT2D eigenvalue weighted by Crippen LogP contribution is -2.22. The number of aryl methyl sites for hydroxylation is 1. The summed E-state index contributed by atoms with van der Waals surface area (Å²) in [6.07, 6.45) is 0. The molecule has 0 bridgehead atoms. The highest BCUT2D eigenvalue weighted by Gasteiger charge is 2.10. The Morgan fingerprint density at radius 2 is 2.20 bits per heavy atom. The minimum Gasteiger partial charge on any atom is -0.310 e. The number of hydrogen-bond donors (Lipinski definition) is 2. The smallest absolute Gasteiger partial charge is 0.310 e. The predicted octanol–water partition coefficient (Wildman–Crippen LogP) is 2.07. The van der Waals surface area contributed by atoms with Crippen LogP contribution in [0.1, 0.15) is 25.0 Å². The number of aromatic nitrogens is 3. The van der Waals surface area contributed by atoms with Gasteiger partial charge in [-0.3, -0.25) is 4.57 Å². The van der Waals surface area contributed by atoms with Crippen LogP contribution >= 0.6 is 11.8 Å². The highest BCUT2D eigenvalue weighted by Crippen LogP contribution is 2.28. The molecule has 5 nitrogen and oxygen atoms in total. The molecule has 1 aromatic heterocycles. The number of hydrogen-bond acceptors (Lipinski definition) is 4. The molecular formula is C14H20N4OS. The minimum absolute atomic E-state index is 0.193. The molecule has 0 aliphatic carbocycles. The molecule has 2 rings (SSSR count). The number of aromatic amines is 1. The molecule has 108 valence electrons. The van der Waals surface area contributed by atoms with Crippen molar-refractivity contribution < 1.29 is 0 Å². The van der Waals surface area contributed by atoms with Crippen molar-refractivity contribution in [2.75, 3.05) is 0 Å². The lowest BCUT2D eigenvalue weighted by atomic mass is 10.1. The van der Waals surface area contributed by atoms with Crippen LogP contribution in [0.15, 0.2) is 33.0 Å². The van der Waals surface area contributed by atoms with Crippen LogP contribution in [0, 0.1) is 6.92 Å². The number of rotatable bonds is 5. The van der Waals surface area contributed by atoms with E-state index in [9.17, 15) is 4.79 Å². The van der Waals surface area contributed by atoms with Gasteiger partial charge in [0.05, 0.1) is 0 Å². The zero-order valence-corrected chi connectivity index (χ0v) is 13.0. The summed E-state index contributed by atoms with van der Waals surface area (Å²) in [6.45, 7) is 7.14. The molecule has 1 aromatic carbocycles. The molecule has 0 atom stereocenters. The van der Waals surface area contributed by atoms with Gasteiger partial charge in [-0.2, -0.15) is 0 Å². The van der Waals surface area contributed by atoms with Gasteiger partial charge in [-0.1, -0.05) is 31.5 Å².